The maximum Gasteiger partial charge on any atom is 0.253 e. The highest BCUT2D eigenvalue weighted by molar-refractivity contribution is 8.01. The summed E-state index contributed by atoms with van der Waals surface area (Å²) in [6, 6.07) is 13.8. The van der Waals surface area contributed by atoms with E-state index < -0.39 is 0 Å². The van der Waals surface area contributed by atoms with Crippen molar-refractivity contribution in [1.29, 1.82) is 0 Å². The van der Waals surface area contributed by atoms with Gasteiger partial charge in [-0.15, -0.1) is 11.8 Å². The minimum atomic E-state index is -0.130. The van der Waals surface area contributed by atoms with E-state index in [-0.39, 0.29) is 17.1 Å². The highest BCUT2D eigenvalue weighted by Crippen LogP contribution is 2.37. The van der Waals surface area contributed by atoms with E-state index in [1.54, 1.807) is 11.8 Å². The second-order valence-corrected chi connectivity index (χ2v) is 9.84. The maximum absolute atomic E-state index is 13.1. The fourth-order valence-corrected chi connectivity index (χ4v) is 5.64. The van der Waals surface area contributed by atoms with Gasteiger partial charge in [-0.1, -0.05) is 38.1 Å². The molecule has 2 aromatic carbocycles. The van der Waals surface area contributed by atoms with Crippen LogP contribution in [-0.2, 0) is 11.2 Å². The Kier molecular flexibility index (Phi) is 5.68. The summed E-state index contributed by atoms with van der Waals surface area (Å²) >= 11 is 1.62. The molecule has 0 aliphatic carbocycles. The summed E-state index contributed by atoms with van der Waals surface area (Å²) in [5.41, 5.74) is 3.58. The summed E-state index contributed by atoms with van der Waals surface area (Å²) in [6.07, 6.45) is 1.91. The van der Waals surface area contributed by atoms with Gasteiger partial charge in [0.1, 0.15) is 0 Å². The molecule has 2 aromatic rings. The van der Waals surface area contributed by atoms with Crippen LogP contribution in [0.4, 0.5) is 5.69 Å². The van der Waals surface area contributed by atoms with Gasteiger partial charge in [0.2, 0.25) is 5.91 Å². The summed E-state index contributed by atoms with van der Waals surface area (Å²) in [4.78, 5) is 29.1. The first-order valence-electron chi connectivity index (χ1n) is 10.4. The topological polar surface area (TPSA) is 49.4 Å². The lowest BCUT2D eigenvalue weighted by atomic mass is 9.91. The van der Waals surface area contributed by atoms with Crippen molar-refractivity contribution in [3.63, 3.8) is 0 Å². The molecule has 4 rings (SSSR count). The van der Waals surface area contributed by atoms with E-state index in [1.807, 2.05) is 42.2 Å². The average molecular weight is 409 g/mol. The van der Waals surface area contributed by atoms with E-state index in [9.17, 15) is 9.59 Å². The number of hydrogen-bond acceptors (Lipinski definition) is 3. The van der Waals surface area contributed by atoms with E-state index in [1.165, 1.54) is 16.9 Å². The smallest absolute Gasteiger partial charge is 0.253 e. The molecular weight excluding hydrogens is 380 g/mol. The number of thioether (sulfide) groups is 1. The van der Waals surface area contributed by atoms with Gasteiger partial charge < -0.3 is 10.2 Å². The van der Waals surface area contributed by atoms with E-state index in [0.29, 0.717) is 17.4 Å². The highest BCUT2D eigenvalue weighted by Gasteiger charge is 2.29. The molecule has 0 aromatic heterocycles. The SMILES string of the molecule is Cc1ccc(C(=O)N2CC(C)CC(C)C2)cc1NC(=O)C1Cc2ccccc2S1. The van der Waals surface area contributed by atoms with Gasteiger partial charge in [-0.25, -0.2) is 0 Å². The van der Waals surface area contributed by atoms with Gasteiger partial charge in [-0.2, -0.15) is 0 Å². The molecule has 0 saturated carbocycles. The lowest BCUT2D eigenvalue weighted by Gasteiger charge is -2.35. The lowest BCUT2D eigenvalue weighted by Crippen LogP contribution is -2.42. The van der Waals surface area contributed by atoms with Gasteiger partial charge in [0.25, 0.3) is 5.91 Å². The molecule has 1 saturated heterocycles. The Morgan fingerprint density at radius 3 is 2.52 bits per heavy atom. The molecule has 29 heavy (non-hydrogen) atoms. The fraction of sp³-hybridized carbons (Fsp3) is 0.417. The second kappa shape index (κ2) is 8.23. The molecule has 2 heterocycles. The van der Waals surface area contributed by atoms with Gasteiger partial charge in [-0.05, 0) is 60.9 Å². The highest BCUT2D eigenvalue weighted by atomic mass is 32.2. The van der Waals surface area contributed by atoms with Crippen LogP contribution in [0.2, 0.25) is 0 Å². The molecule has 2 aliphatic heterocycles. The van der Waals surface area contributed by atoms with Crippen LogP contribution in [0.3, 0.4) is 0 Å². The van der Waals surface area contributed by atoms with E-state index >= 15 is 0 Å². The van der Waals surface area contributed by atoms with Crippen molar-refractivity contribution in [2.24, 2.45) is 11.8 Å². The van der Waals surface area contributed by atoms with Crippen LogP contribution < -0.4 is 5.32 Å². The summed E-state index contributed by atoms with van der Waals surface area (Å²) < 4.78 is 0. The van der Waals surface area contributed by atoms with Crippen molar-refractivity contribution < 1.29 is 9.59 Å². The zero-order chi connectivity index (χ0) is 20.5. The molecule has 5 heteroatoms. The van der Waals surface area contributed by atoms with Crippen LogP contribution in [0.1, 0.15) is 41.8 Å². The molecule has 0 spiro atoms. The predicted molar refractivity (Wildman–Crippen MR) is 118 cm³/mol. The Morgan fingerprint density at radius 1 is 1.07 bits per heavy atom. The van der Waals surface area contributed by atoms with Crippen molar-refractivity contribution in [3.05, 3.63) is 59.2 Å². The molecule has 1 N–H and O–H groups in total. The third-order valence-corrected chi connectivity index (χ3v) is 7.16. The normalized spacial score (nSPS) is 23.6. The quantitative estimate of drug-likeness (QED) is 0.796. The molecule has 3 atom stereocenters. The Bertz CT molecular complexity index is 907. The van der Waals surface area contributed by atoms with Crippen LogP contribution in [0.25, 0.3) is 0 Å². The van der Waals surface area contributed by atoms with Gasteiger partial charge in [0.05, 0.1) is 5.25 Å². The number of nitrogens with one attached hydrogen (secondary N) is 1. The minimum Gasteiger partial charge on any atom is -0.338 e. The van der Waals surface area contributed by atoms with E-state index in [4.69, 9.17) is 0 Å². The summed E-state index contributed by atoms with van der Waals surface area (Å²) in [6.45, 7) is 7.97. The summed E-state index contributed by atoms with van der Waals surface area (Å²) in [5.74, 6) is 1.10. The predicted octanol–water partition coefficient (Wildman–Crippen LogP) is 4.77. The van der Waals surface area contributed by atoms with Crippen LogP contribution in [0, 0.1) is 18.8 Å². The number of rotatable bonds is 3. The number of likely N-dealkylation sites (tertiary alicyclic amines) is 1. The maximum atomic E-state index is 13.1. The molecule has 3 unspecified atom stereocenters. The third-order valence-electron chi connectivity index (χ3n) is 5.84. The summed E-state index contributed by atoms with van der Waals surface area (Å²) in [5, 5.41) is 2.94. The van der Waals surface area contributed by atoms with Crippen molar-refractivity contribution in [2.75, 3.05) is 18.4 Å². The van der Waals surface area contributed by atoms with Gasteiger partial charge in [-0.3, -0.25) is 9.59 Å². The second-order valence-electron chi connectivity index (χ2n) is 8.59. The molecule has 152 valence electrons. The van der Waals surface area contributed by atoms with Crippen LogP contribution in [0.15, 0.2) is 47.4 Å². The zero-order valence-corrected chi connectivity index (χ0v) is 18.1. The number of amides is 2. The number of carbonyl (C=O) groups is 2. The molecule has 4 nitrogen and oxygen atoms in total. The summed E-state index contributed by atoms with van der Waals surface area (Å²) in [7, 11) is 0. The Labute approximate surface area is 177 Å². The van der Waals surface area contributed by atoms with Crippen molar-refractivity contribution >= 4 is 29.3 Å². The first-order chi connectivity index (χ1) is 13.9. The number of carbonyl (C=O) groups excluding carboxylic acids is 2. The largest absolute Gasteiger partial charge is 0.338 e. The van der Waals surface area contributed by atoms with Gasteiger partial charge >= 0.3 is 0 Å². The van der Waals surface area contributed by atoms with Crippen molar-refractivity contribution in [1.82, 2.24) is 4.90 Å². The number of nitrogens with zero attached hydrogens (tertiary/aromatic N) is 1. The Hall–Kier alpha value is -2.27. The molecule has 0 bridgehead atoms. The number of piperidine rings is 1. The van der Waals surface area contributed by atoms with Crippen LogP contribution in [-0.4, -0.2) is 35.1 Å². The Morgan fingerprint density at radius 2 is 1.79 bits per heavy atom. The third kappa shape index (κ3) is 4.35. The van der Waals surface area contributed by atoms with Crippen molar-refractivity contribution in [3.8, 4) is 0 Å². The van der Waals surface area contributed by atoms with Crippen LogP contribution >= 0.6 is 11.8 Å². The monoisotopic (exact) mass is 408 g/mol. The molecule has 1 fully saturated rings. The number of aryl methyl sites for hydroxylation is 1. The number of fused-ring (bicyclic) bond motifs is 1. The Balaban J connectivity index is 1.47. The number of anilines is 1. The average Bonchev–Trinajstić information content (AvgIpc) is 3.13. The first kappa shape index (κ1) is 20.0. The first-order valence-corrected chi connectivity index (χ1v) is 11.2. The zero-order valence-electron chi connectivity index (χ0n) is 17.3. The molecule has 2 aliphatic rings. The molecular formula is C24H28N2O2S. The van der Waals surface area contributed by atoms with Crippen LogP contribution in [0.5, 0.6) is 0 Å². The molecule has 0 radical (unpaired) electrons. The van der Waals surface area contributed by atoms with Gasteiger partial charge in [0.15, 0.2) is 0 Å². The fourth-order valence-electron chi connectivity index (χ4n) is 4.44. The van der Waals surface area contributed by atoms with E-state index in [0.717, 1.165) is 30.8 Å². The minimum absolute atomic E-state index is 0.000819. The number of benzene rings is 2. The number of hydrogen-bond donors (Lipinski definition) is 1. The lowest BCUT2D eigenvalue weighted by molar-refractivity contribution is -0.115. The van der Waals surface area contributed by atoms with Crippen molar-refractivity contribution in [2.45, 2.75) is 43.8 Å². The van der Waals surface area contributed by atoms with Gasteiger partial charge in [0, 0.05) is 29.2 Å². The standard InChI is InChI=1S/C24H28N2O2S/c1-15-10-16(2)14-26(13-15)24(28)19-9-8-17(3)20(11-19)25-23(27)22-12-18-6-4-5-7-21(18)29-22/h4-9,11,15-16,22H,10,12-14H2,1-3H3,(H,25,27). The van der Waals surface area contributed by atoms with E-state index in [2.05, 4.69) is 31.3 Å². The molecule has 2 amide bonds.